The molecule has 0 atom stereocenters. The summed E-state index contributed by atoms with van der Waals surface area (Å²) in [5.74, 6) is -1.01. The van der Waals surface area contributed by atoms with E-state index < -0.39 is 38.3 Å². The highest BCUT2D eigenvalue weighted by Gasteiger charge is 2.39. The first-order valence-corrected chi connectivity index (χ1v) is 12.0. The second-order valence-electron chi connectivity index (χ2n) is 7.49. The molecule has 1 fully saturated rings. The molecule has 3 rings (SSSR count). The second-order valence-corrected chi connectivity index (χ2v) is 10.6. The summed E-state index contributed by atoms with van der Waals surface area (Å²) in [6, 6.07) is -0.191. The van der Waals surface area contributed by atoms with Gasteiger partial charge in [-0.2, -0.15) is 13.2 Å². The van der Waals surface area contributed by atoms with Gasteiger partial charge in [0.1, 0.15) is 10.7 Å². The fraction of sp³-hybridized carbons (Fsp3) is 0.588. The Labute approximate surface area is 181 Å². The molecule has 0 radical (unpaired) electrons. The number of nitrogens with one attached hydrogen (secondary N) is 1. The number of hydrogen-bond acceptors (Lipinski definition) is 8. The van der Waals surface area contributed by atoms with Crippen LogP contribution in [0.1, 0.15) is 23.5 Å². The fourth-order valence-corrected chi connectivity index (χ4v) is 5.23. The van der Waals surface area contributed by atoms with Crippen LogP contribution in [-0.2, 0) is 22.7 Å². The third-order valence-corrected chi connectivity index (χ3v) is 6.96. The van der Waals surface area contributed by atoms with E-state index in [2.05, 4.69) is 20.3 Å². The quantitative estimate of drug-likeness (QED) is 0.633. The van der Waals surface area contributed by atoms with Gasteiger partial charge in [0.05, 0.1) is 17.3 Å². The summed E-state index contributed by atoms with van der Waals surface area (Å²) in [7, 11) is 0.0958. The summed E-state index contributed by atoms with van der Waals surface area (Å²) in [5, 5.41) is 3.16. The molecule has 0 amide bonds. The Morgan fingerprint density at radius 2 is 1.90 bits per heavy atom. The molecule has 1 aliphatic rings. The van der Waals surface area contributed by atoms with E-state index in [1.54, 1.807) is 19.0 Å². The first-order valence-electron chi connectivity index (χ1n) is 9.31. The van der Waals surface area contributed by atoms with Gasteiger partial charge in [-0.05, 0) is 26.9 Å². The largest absolute Gasteiger partial charge is 0.434 e. The number of aromatic nitrogens is 3. The summed E-state index contributed by atoms with van der Waals surface area (Å²) in [6.07, 6.45) is -1.88. The highest BCUT2D eigenvalue weighted by atomic mass is 32.2. The highest BCUT2D eigenvalue weighted by Crippen LogP contribution is 2.40. The second kappa shape index (κ2) is 8.92. The van der Waals surface area contributed by atoms with Crippen molar-refractivity contribution in [1.82, 2.24) is 24.2 Å². The minimum Gasteiger partial charge on any atom is -0.351 e. The monoisotopic (exact) mass is 482 g/mol. The van der Waals surface area contributed by atoms with Gasteiger partial charge in [0.15, 0.2) is 11.5 Å². The summed E-state index contributed by atoms with van der Waals surface area (Å²) in [4.78, 5) is 12.8. The number of halogens is 4. The molecule has 3 heterocycles. The Morgan fingerprint density at radius 3 is 2.45 bits per heavy atom. The van der Waals surface area contributed by atoms with Crippen molar-refractivity contribution < 1.29 is 26.0 Å². The normalized spacial score (nSPS) is 16.8. The van der Waals surface area contributed by atoms with Crippen molar-refractivity contribution in [2.75, 3.05) is 38.8 Å². The molecular formula is C17H22F4N6O2S2. The zero-order valence-corrected chi connectivity index (χ0v) is 18.7. The summed E-state index contributed by atoms with van der Waals surface area (Å²) < 4.78 is 79.6. The van der Waals surface area contributed by atoms with E-state index >= 15 is 0 Å². The smallest absolute Gasteiger partial charge is 0.351 e. The maximum absolute atomic E-state index is 14.4. The average Bonchev–Trinajstić information content (AvgIpc) is 3.06. The van der Waals surface area contributed by atoms with E-state index in [0.29, 0.717) is 25.9 Å². The Hall–Kier alpha value is -1.90. The van der Waals surface area contributed by atoms with Gasteiger partial charge in [-0.15, -0.1) is 11.3 Å². The van der Waals surface area contributed by atoms with Crippen LogP contribution in [0.2, 0.25) is 0 Å². The summed E-state index contributed by atoms with van der Waals surface area (Å²) in [6.45, 7) is 0.765. The van der Waals surface area contributed by atoms with E-state index in [0.717, 1.165) is 23.8 Å². The Bertz CT molecular complexity index is 1030. The Kier molecular flexibility index (Phi) is 6.84. The molecule has 0 aliphatic carbocycles. The summed E-state index contributed by atoms with van der Waals surface area (Å²) >= 11 is 0.736. The van der Waals surface area contributed by atoms with E-state index in [1.165, 1.54) is 4.31 Å². The fourth-order valence-electron chi connectivity index (χ4n) is 3.17. The van der Waals surface area contributed by atoms with Crippen LogP contribution in [0.4, 0.5) is 23.5 Å². The predicted octanol–water partition coefficient (Wildman–Crippen LogP) is 2.66. The van der Waals surface area contributed by atoms with Crippen LogP contribution in [0.25, 0.3) is 10.6 Å². The van der Waals surface area contributed by atoms with Crippen molar-refractivity contribution in [3.05, 3.63) is 22.7 Å². The number of anilines is 1. The molecule has 0 aromatic carbocycles. The predicted molar refractivity (Wildman–Crippen MR) is 109 cm³/mol. The molecule has 2 aromatic heterocycles. The van der Waals surface area contributed by atoms with Crippen LogP contribution >= 0.6 is 11.3 Å². The number of rotatable bonds is 6. The number of nitrogens with zero attached hydrogens (tertiary/aromatic N) is 5. The molecule has 1 saturated heterocycles. The van der Waals surface area contributed by atoms with Gasteiger partial charge in [0, 0.05) is 25.7 Å². The molecule has 0 saturated carbocycles. The topological polar surface area (TPSA) is 91.3 Å². The number of piperidine rings is 1. The zero-order chi connectivity index (χ0) is 23.0. The van der Waals surface area contributed by atoms with Crippen LogP contribution in [-0.4, -0.2) is 72.1 Å². The van der Waals surface area contributed by atoms with Gasteiger partial charge < -0.3 is 10.2 Å². The van der Waals surface area contributed by atoms with Crippen LogP contribution in [0, 0.1) is 5.82 Å². The standard InChI is InChI=1S/C17H22F4N6O2S2/c1-26(2)9-12-24-15(17(19,20)21)14(30-12)13-11(18)8-22-16(25-13)23-10-4-6-27(7-5-10)31(3,28)29/h8,10H,4-7,9H2,1-3H3,(H,22,23,25). The molecule has 14 heteroatoms. The lowest BCUT2D eigenvalue weighted by Crippen LogP contribution is -2.42. The lowest BCUT2D eigenvalue weighted by atomic mass is 10.1. The van der Waals surface area contributed by atoms with Crippen molar-refractivity contribution in [3.8, 4) is 10.6 Å². The van der Waals surface area contributed by atoms with Crippen molar-refractivity contribution in [2.24, 2.45) is 0 Å². The van der Waals surface area contributed by atoms with Gasteiger partial charge >= 0.3 is 6.18 Å². The van der Waals surface area contributed by atoms with Crippen molar-refractivity contribution in [1.29, 1.82) is 0 Å². The molecule has 2 aromatic rings. The number of alkyl halides is 3. The average molecular weight is 483 g/mol. The Balaban J connectivity index is 1.86. The number of sulfonamides is 1. The van der Waals surface area contributed by atoms with E-state index in [-0.39, 0.29) is 23.5 Å². The molecule has 31 heavy (non-hydrogen) atoms. The minimum atomic E-state index is -4.76. The van der Waals surface area contributed by atoms with Crippen molar-refractivity contribution >= 4 is 27.3 Å². The van der Waals surface area contributed by atoms with Gasteiger partial charge in [-0.25, -0.2) is 32.1 Å². The third kappa shape index (κ3) is 5.87. The number of hydrogen-bond donors (Lipinski definition) is 1. The highest BCUT2D eigenvalue weighted by molar-refractivity contribution is 7.88. The van der Waals surface area contributed by atoms with Crippen LogP contribution < -0.4 is 5.32 Å². The van der Waals surface area contributed by atoms with Crippen molar-refractivity contribution in [3.63, 3.8) is 0 Å². The van der Waals surface area contributed by atoms with E-state index in [4.69, 9.17) is 0 Å². The summed E-state index contributed by atoms with van der Waals surface area (Å²) in [5.41, 5.74) is -1.65. The minimum absolute atomic E-state index is 0.0233. The maximum Gasteiger partial charge on any atom is 0.434 e. The van der Waals surface area contributed by atoms with Crippen molar-refractivity contribution in [2.45, 2.75) is 31.6 Å². The number of thiazole rings is 1. The van der Waals surface area contributed by atoms with Crippen LogP contribution in [0.5, 0.6) is 0 Å². The molecular weight excluding hydrogens is 460 g/mol. The van der Waals surface area contributed by atoms with Gasteiger partial charge in [0.2, 0.25) is 16.0 Å². The lowest BCUT2D eigenvalue weighted by molar-refractivity contribution is -0.140. The van der Waals surface area contributed by atoms with Gasteiger partial charge in [-0.1, -0.05) is 0 Å². The molecule has 0 bridgehead atoms. The lowest BCUT2D eigenvalue weighted by Gasteiger charge is -2.30. The molecule has 1 aliphatic heterocycles. The zero-order valence-electron chi connectivity index (χ0n) is 17.1. The van der Waals surface area contributed by atoms with Crippen LogP contribution in [0.15, 0.2) is 6.20 Å². The first-order chi connectivity index (χ1) is 14.3. The Morgan fingerprint density at radius 1 is 1.26 bits per heavy atom. The molecule has 0 unspecified atom stereocenters. The SMILES string of the molecule is CN(C)Cc1nc(C(F)(F)F)c(-c2nc(NC3CCN(S(C)(=O)=O)CC3)ncc2F)s1. The molecule has 1 N–H and O–H groups in total. The third-order valence-electron chi connectivity index (χ3n) is 4.61. The van der Waals surface area contributed by atoms with Crippen LogP contribution in [0.3, 0.4) is 0 Å². The van der Waals surface area contributed by atoms with E-state index in [1.807, 2.05) is 0 Å². The van der Waals surface area contributed by atoms with Gasteiger partial charge in [0.25, 0.3) is 0 Å². The maximum atomic E-state index is 14.4. The van der Waals surface area contributed by atoms with E-state index in [9.17, 15) is 26.0 Å². The molecule has 172 valence electrons. The molecule has 8 nitrogen and oxygen atoms in total. The van der Waals surface area contributed by atoms with Gasteiger partial charge in [-0.3, -0.25) is 0 Å². The first kappa shape index (κ1) is 23.8. The molecule has 0 spiro atoms.